The third-order valence-corrected chi connectivity index (χ3v) is 3.63. The Kier molecular flexibility index (Phi) is 3.89. The molecular weight excluding hydrogens is 278 g/mol. The molecule has 5 nitrogen and oxygen atoms in total. The highest BCUT2D eigenvalue weighted by atomic mass is 16.3. The van der Waals surface area contributed by atoms with Gasteiger partial charge >= 0.3 is 0 Å². The van der Waals surface area contributed by atoms with Gasteiger partial charge in [-0.05, 0) is 17.7 Å². The number of hydrogen-bond donors (Lipinski definition) is 2. The van der Waals surface area contributed by atoms with Gasteiger partial charge in [0.05, 0.1) is 17.0 Å². The van der Waals surface area contributed by atoms with Gasteiger partial charge in [-0.15, -0.1) is 0 Å². The third-order valence-electron chi connectivity index (χ3n) is 3.63. The van der Waals surface area contributed by atoms with Gasteiger partial charge < -0.3 is 10.5 Å². The van der Waals surface area contributed by atoms with E-state index in [0.29, 0.717) is 16.7 Å². The van der Waals surface area contributed by atoms with E-state index in [1.54, 1.807) is 19.2 Å². The molecule has 0 aliphatic rings. The fourth-order valence-electron chi connectivity index (χ4n) is 2.51. The zero-order valence-electron chi connectivity index (χ0n) is 12.2. The van der Waals surface area contributed by atoms with Crippen LogP contribution in [0.25, 0.3) is 10.9 Å². The van der Waals surface area contributed by atoms with Crippen LogP contribution in [-0.4, -0.2) is 21.8 Å². The summed E-state index contributed by atoms with van der Waals surface area (Å²) < 4.78 is 1.38. The van der Waals surface area contributed by atoms with Gasteiger partial charge in [-0.25, -0.2) is 9.66 Å². The van der Waals surface area contributed by atoms with E-state index in [4.69, 9.17) is 0 Å². The Balaban J connectivity index is 2.05. The lowest BCUT2D eigenvalue weighted by atomic mass is 10.1. The molecule has 0 bridgehead atoms. The molecule has 112 valence electrons. The number of nitrogens with one attached hydrogen (secondary N) is 1. The van der Waals surface area contributed by atoms with Gasteiger partial charge in [0.2, 0.25) is 0 Å². The zero-order chi connectivity index (χ0) is 15.5. The first kappa shape index (κ1) is 14.3. The summed E-state index contributed by atoms with van der Waals surface area (Å²) >= 11 is 0. The van der Waals surface area contributed by atoms with Gasteiger partial charge in [0.1, 0.15) is 5.82 Å². The fourth-order valence-corrected chi connectivity index (χ4v) is 2.51. The van der Waals surface area contributed by atoms with Crippen molar-refractivity contribution in [3.63, 3.8) is 0 Å². The predicted molar refractivity (Wildman–Crippen MR) is 86.4 cm³/mol. The maximum absolute atomic E-state index is 12.5. The molecule has 0 saturated heterocycles. The number of para-hydroxylation sites is 1. The molecule has 1 atom stereocenters. The molecule has 3 aromatic rings. The molecule has 2 N–H and O–H groups in total. The molecule has 2 aromatic carbocycles. The molecule has 0 aliphatic carbocycles. The molecule has 1 unspecified atom stereocenters. The van der Waals surface area contributed by atoms with Crippen molar-refractivity contribution < 1.29 is 5.11 Å². The van der Waals surface area contributed by atoms with Gasteiger partial charge in [-0.2, -0.15) is 0 Å². The number of aromatic nitrogens is 2. The molecule has 0 amide bonds. The van der Waals surface area contributed by atoms with Gasteiger partial charge in [0, 0.05) is 13.5 Å². The Labute approximate surface area is 127 Å². The Hall–Kier alpha value is -2.66. The highest BCUT2D eigenvalue weighted by molar-refractivity contribution is 5.77. The van der Waals surface area contributed by atoms with Gasteiger partial charge in [0.25, 0.3) is 5.56 Å². The minimum Gasteiger partial charge on any atom is -0.388 e. The SMILES string of the molecule is CNn1c(CC(O)c2ccccc2)nc2ccccc2c1=O. The van der Waals surface area contributed by atoms with Crippen molar-refractivity contribution >= 4 is 10.9 Å². The fraction of sp³-hybridized carbons (Fsp3) is 0.176. The van der Waals surface area contributed by atoms with Crippen LogP contribution in [0.15, 0.2) is 59.4 Å². The second-order valence-electron chi connectivity index (χ2n) is 5.04. The Morgan fingerprint density at radius 2 is 1.82 bits per heavy atom. The first-order valence-electron chi connectivity index (χ1n) is 7.12. The zero-order valence-corrected chi connectivity index (χ0v) is 12.2. The number of fused-ring (bicyclic) bond motifs is 1. The highest BCUT2D eigenvalue weighted by Gasteiger charge is 2.15. The average Bonchev–Trinajstić information content (AvgIpc) is 2.56. The molecule has 22 heavy (non-hydrogen) atoms. The summed E-state index contributed by atoms with van der Waals surface area (Å²) in [5, 5.41) is 10.9. The van der Waals surface area contributed by atoms with E-state index >= 15 is 0 Å². The average molecular weight is 295 g/mol. The van der Waals surface area contributed by atoms with E-state index < -0.39 is 6.10 Å². The van der Waals surface area contributed by atoms with E-state index in [1.807, 2.05) is 42.5 Å². The van der Waals surface area contributed by atoms with Crippen LogP contribution in [0.1, 0.15) is 17.5 Å². The summed E-state index contributed by atoms with van der Waals surface area (Å²) in [4.78, 5) is 17.0. The summed E-state index contributed by atoms with van der Waals surface area (Å²) in [6.07, 6.45) is -0.459. The Bertz CT molecular complexity index is 843. The molecule has 1 aromatic heterocycles. The first-order valence-corrected chi connectivity index (χ1v) is 7.12. The van der Waals surface area contributed by atoms with Crippen molar-refractivity contribution in [2.24, 2.45) is 0 Å². The first-order chi connectivity index (χ1) is 10.7. The maximum Gasteiger partial charge on any atom is 0.279 e. The molecule has 0 fully saturated rings. The molecule has 5 heteroatoms. The maximum atomic E-state index is 12.5. The summed E-state index contributed by atoms with van der Waals surface area (Å²) in [6.45, 7) is 0. The van der Waals surface area contributed by atoms with E-state index in [2.05, 4.69) is 10.4 Å². The summed E-state index contributed by atoms with van der Waals surface area (Å²) in [5.74, 6) is 0.502. The van der Waals surface area contributed by atoms with Crippen LogP contribution in [0.5, 0.6) is 0 Å². The molecule has 3 rings (SSSR count). The molecule has 0 spiro atoms. The second-order valence-corrected chi connectivity index (χ2v) is 5.04. The summed E-state index contributed by atoms with van der Waals surface area (Å²) in [5.41, 5.74) is 4.11. The van der Waals surface area contributed by atoms with Crippen molar-refractivity contribution in [1.82, 2.24) is 9.66 Å². The van der Waals surface area contributed by atoms with E-state index in [9.17, 15) is 9.90 Å². The van der Waals surface area contributed by atoms with E-state index in [0.717, 1.165) is 5.56 Å². The minimum atomic E-state index is -0.714. The molecule has 0 saturated carbocycles. The summed E-state index contributed by atoms with van der Waals surface area (Å²) in [6, 6.07) is 16.6. The smallest absolute Gasteiger partial charge is 0.279 e. The number of aliphatic hydroxyl groups excluding tert-OH is 1. The van der Waals surface area contributed by atoms with Crippen molar-refractivity contribution in [2.45, 2.75) is 12.5 Å². The summed E-state index contributed by atoms with van der Waals surface area (Å²) in [7, 11) is 1.66. The lowest BCUT2D eigenvalue weighted by Gasteiger charge is -2.16. The van der Waals surface area contributed by atoms with Gasteiger partial charge in [0.15, 0.2) is 0 Å². The largest absolute Gasteiger partial charge is 0.388 e. The van der Waals surface area contributed by atoms with Crippen LogP contribution in [0.3, 0.4) is 0 Å². The Morgan fingerprint density at radius 1 is 1.14 bits per heavy atom. The number of benzene rings is 2. The van der Waals surface area contributed by atoms with Crippen LogP contribution in [0, 0.1) is 0 Å². The number of nitrogens with zero attached hydrogens (tertiary/aromatic N) is 2. The highest BCUT2D eigenvalue weighted by Crippen LogP contribution is 2.17. The molecule has 0 aliphatic heterocycles. The lowest BCUT2D eigenvalue weighted by molar-refractivity contribution is 0.174. The molecule has 1 heterocycles. The van der Waals surface area contributed by atoms with Crippen molar-refractivity contribution in [1.29, 1.82) is 0 Å². The number of aliphatic hydroxyl groups is 1. The number of hydrogen-bond acceptors (Lipinski definition) is 4. The van der Waals surface area contributed by atoms with Gasteiger partial charge in [-0.1, -0.05) is 42.5 Å². The van der Waals surface area contributed by atoms with E-state index in [1.165, 1.54) is 4.68 Å². The van der Waals surface area contributed by atoms with Crippen LogP contribution in [0.2, 0.25) is 0 Å². The molecule has 0 radical (unpaired) electrons. The second kappa shape index (κ2) is 5.99. The van der Waals surface area contributed by atoms with Crippen molar-refractivity contribution in [3.05, 3.63) is 76.3 Å². The lowest BCUT2D eigenvalue weighted by Crippen LogP contribution is -2.31. The number of rotatable bonds is 4. The standard InChI is InChI=1S/C17H17N3O2/c1-18-20-16(11-15(21)12-7-3-2-4-8-12)19-14-10-6-5-9-13(14)17(20)22/h2-10,15,18,21H,11H2,1H3. The van der Waals surface area contributed by atoms with Crippen molar-refractivity contribution in [3.8, 4) is 0 Å². The third kappa shape index (κ3) is 2.58. The molecular formula is C17H17N3O2. The predicted octanol–water partition coefficient (Wildman–Crippen LogP) is 1.85. The van der Waals surface area contributed by atoms with Crippen molar-refractivity contribution in [2.75, 3.05) is 12.5 Å². The van der Waals surface area contributed by atoms with E-state index in [-0.39, 0.29) is 12.0 Å². The monoisotopic (exact) mass is 295 g/mol. The van der Waals surface area contributed by atoms with Crippen LogP contribution >= 0.6 is 0 Å². The van der Waals surface area contributed by atoms with Crippen LogP contribution in [-0.2, 0) is 6.42 Å². The minimum absolute atomic E-state index is 0.164. The van der Waals surface area contributed by atoms with Crippen LogP contribution < -0.4 is 11.0 Å². The topological polar surface area (TPSA) is 67.2 Å². The van der Waals surface area contributed by atoms with Gasteiger partial charge in [-0.3, -0.25) is 4.79 Å². The Morgan fingerprint density at radius 3 is 2.55 bits per heavy atom. The van der Waals surface area contributed by atoms with Crippen LogP contribution in [0.4, 0.5) is 0 Å². The normalized spacial score (nSPS) is 12.3. The quantitative estimate of drug-likeness (QED) is 0.771.